The first kappa shape index (κ1) is 13.2. The second-order valence-corrected chi connectivity index (χ2v) is 4.49. The van der Waals surface area contributed by atoms with E-state index in [0.29, 0.717) is 17.8 Å². The third kappa shape index (κ3) is 2.47. The zero-order valence-corrected chi connectivity index (χ0v) is 10.8. The van der Waals surface area contributed by atoms with Gasteiger partial charge in [0.05, 0.1) is 6.54 Å². The molecule has 1 aliphatic heterocycles. The van der Waals surface area contributed by atoms with Crippen molar-refractivity contribution in [3.8, 4) is 0 Å². The van der Waals surface area contributed by atoms with E-state index in [2.05, 4.69) is 10.3 Å². The van der Waals surface area contributed by atoms with Gasteiger partial charge in [-0.25, -0.2) is 4.98 Å². The lowest BCUT2D eigenvalue weighted by Gasteiger charge is -2.35. The van der Waals surface area contributed by atoms with Crippen LogP contribution in [0.25, 0.3) is 0 Å². The van der Waals surface area contributed by atoms with Crippen molar-refractivity contribution in [1.29, 1.82) is 0 Å². The van der Waals surface area contributed by atoms with Crippen LogP contribution in [0.4, 0.5) is 5.82 Å². The van der Waals surface area contributed by atoms with Gasteiger partial charge in [0.25, 0.3) is 0 Å². The Bertz CT molecular complexity index is 542. The molecule has 1 N–H and O–H groups in total. The number of piperazine rings is 1. The Kier molecular flexibility index (Phi) is 3.59. The Labute approximate surface area is 110 Å². The molecule has 0 aromatic carbocycles. The van der Waals surface area contributed by atoms with E-state index >= 15 is 0 Å². The second-order valence-electron chi connectivity index (χ2n) is 4.49. The molecule has 1 unspecified atom stereocenters. The van der Waals surface area contributed by atoms with Crippen LogP contribution in [0.15, 0.2) is 12.3 Å². The number of amides is 2. The fourth-order valence-electron chi connectivity index (χ4n) is 2.25. The monoisotopic (exact) mass is 261 g/mol. The van der Waals surface area contributed by atoms with Gasteiger partial charge < -0.3 is 4.90 Å². The van der Waals surface area contributed by atoms with Crippen LogP contribution in [0.3, 0.4) is 0 Å². The van der Waals surface area contributed by atoms with Crippen molar-refractivity contribution in [2.24, 2.45) is 0 Å². The molecule has 0 aliphatic carbocycles. The lowest BCUT2D eigenvalue weighted by Crippen LogP contribution is -2.58. The van der Waals surface area contributed by atoms with E-state index in [-0.39, 0.29) is 18.4 Å². The SMILES string of the molecule is CCC1C(=O)NC(=O)CN1c1ncc(C=O)cc1C. The Hall–Kier alpha value is -2.24. The predicted octanol–water partition coefficient (Wildman–Crippen LogP) is 0.444. The summed E-state index contributed by atoms with van der Waals surface area (Å²) >= 11 is 0. The summed E-state index contributed by atoms with van der Waals surface area (Å²) in [5.74, 6) is -0.0737. The maximum Gasteiger partial charge on any atom is 0.249 e. The highest BCUT2D eigenvalue weighted by atomic mass is 16.2. The molecule has 2 rings (SSSR count). The average Bonchev–Trinajstić information content (AvgIpc) is 2.37. The first-order chi connectivity index (χ1) is 9.06. The molecule has 6 nitrogen and oxygen atoms in total. The standard InChI is InChI=1S/C13H15N3O3/c1-3-10-13(19)15-11(18)6-16(10)12-8(2)4-9(7-17)5-14-12/h4-5,7,10H,3,6H2,1-2H3,(H,15,18,19). The van der Waals surface area contributed by atoms with Gasteiger partial charge in [-0.1, -0.05) is 6.92 Å². The number of aldehydes is 1. The summed E-state index contributed by atoms with van der Waals surface area (Å²) in [5, 5.41) is 2.32. The van der Waals surface area contributed by atoms with Crippen LogP contribution in [0.2, 0.25) is 0 Å². The lowest BCUT2D eigenvalue weighted by atomic mass is 10.1. The fraction of sp³-hybridized carbons (Fsp3) is 0.385. The van der Waals surface area contributed by atoms with E-state index in [1.54, 1.807) is 17.9 Å². The van der Waals surface area contributed by atoms with Gasteiger partial charge in [-0.15, -0.1) is 0 Å². The molecule has 1 aliphatic rings. The topological polar surface area (TPSA) is 79.4 Å². The highest BCUT2D eigenvalue weighted by molar-refractivity contribution is 6.04. The first-order valence-corrected chi connectivity index (χ1v) is 6.09. The van der Waals surface area contributed by atoms with Crippen molar-refractivity contribution in [2.75, 3.05) is 11.4 Å². The lowest BCUT2D eigenvalue weighted by molar-refractivity contribution is -0.132. The number of anilines is 1. The minimum Gasteiger partial charge on any atom is -0.335 e. The van der Waals surface area contributed by atoms with Gasteiger partial charge >= 0.3 is 0 Å². The van der Waals surface area contributed by atoms with Crippen molar-refractivity contribution in [1.82, 2.24) is 10.3 Å². The number of nitrogens with zero attached hydrogens (tertiary/aromatic N) is 2. The number of carbonyl (C=O) groups is 3. The summed E-state index contributed by atoms with van der Waals surface area (Å²) in [7, 11) is 0. The number of aromatic nitrogens is 1. The molecule has 2 heterocycles. The van der Waals surface area contributed by atoms with Crippen LogP contribution in [0, 0.1) is 6.92 Å². The molecular weight excluding hydrogens is 246 g/mol. The summed E-state index contributed by atoms with van der Waals surface area (Å²) in [6.45, 7) is 3.78. The highest BCUT2D eigenvalue weighted by Crippen LogP contribution is 2.22. The molecule has 1 fully saturated rings. The molecular formula is C13H15N3O3. The molecule has 6 heteroatoms. The van der Waals surface area contributed by atoms with Crippen LogP contribution in [-0.2, 0) is 9.59 Å². The van der Waals surface area contributed by atoms with Gasteiger partial charge in [0, 0.05) is 11.8 Å². The molecule has 0 radical (unpaired) electrons. The van der Waals surface area contributed by atoms with Crippen molar-refractivity contribution >= 4 is 23.9 Å². The minimum atomic E-state index is -0.411. The number of aryl methyl sites for hydroxylation is 1. The van der Waals surface area contributed by atoms with Gasteiger partial charge in [0.1, 0.15) is 11.9 Å². The summed E-state index contributed by atoms with van der Waals surface area (Å²) in [4.78, 5) is 39.9. The van der Waals surface area contributed by atoms with E-state index in [1.165, 1.54) is 6.20 Å². The number of hydrogen-bond donors (Lipinski definition) is 1. The van der Waals surface area contributed by atoms with Crippen LogP contribution < -0.4 is 10.2 Å². The van der Waals surface area contributed by atoms with Gasteiger partial charge in [0.2, 0.25) is 11.8 Å². The van der Waals surface area contributed by atoms with Gasteiger partial charge in [0.15, 0.2) is 6.29 Å². The minimum absolute atomic E-state index is 0.0958. The third-order valence-corrected chi connectivity index (χ3v) is 3.12. The van der Waals surface area contributed by atoms with Gasteiger partial charge in [-0.2, -0.15) is 0 Å². The number of imide groups is 1. The molecule has 100 valence electrons. The molecule has 0 bridgehead atoms. The summed E-state index contributed by atoms with van der Waals surface area (Å²) in [6.07, 6.45) is 2.74. The summed E-state index contributed by atoms with van der Waals surface area (Å²) in [6, 6.07) is 1.28. The Balaban J connectivity index is 2.40. The van der Waals surface area contributed by atoms with E-state index < -0.39 is 6.04 Å². The summed E-state index contributed by atoms with van der Waals surface area (Å²) in [5.41, 5.74) is 1.24. The van der Waals surface area contributed by atoms with Crippen LogP contribution in [0.5, 0.6) is 0 Å². The second kappa shape index (κ2) is 5.17. The van der Waals surface area contributed by atoms with Crippen molar-refractivity contribution in [3.05, 3.63) is 23.4 Å². The van der Waals surface area contributed by atoms with Gasteiger partial charge in [-0.3, -0.25) is 19.7 Å². The number of carbonyl (C=O) groups excluding carboxylic acids is 3. The molecule has 19 heavy (non-hydrogen) atoms. The Morgan fingerprint density at radius 1 is 1.53 bits per heavy atom. The van der Waals surface area contributed by atoms with Crippen molar-refractivity contribution in [2.45, 2.75) is 26.3 Å². The molecule has 0 saturated carbocycles. The number of hydrogen-bond acceptors (Lipinski definition) is 5. The molecule has 1 atom stereocenters. The first-order valence-electron chi connectivity index (χ1n) is 6.09. The van der Waals surface area contributed by atoms with Crippen LogP contribution >= 0.6 is 0 Å². The van der Waals surface area contributed by atoms with E-state index in [1.807, 2.05) is 6.92 Å². The molecule has 0 spiro atoms. The fourth-order valence-corrected chi connectivity index (χ4v) is 2.25. The third-order valence-electron chi connectivity index (χ3n) is 3.12. The number of pyridine rings is 1. The van der Waals surface area contributed by atoms with E-state index in [9.17, 15) is 14.4 Å². The normalized spacial score (nSPS) is 19.3. The van der Waals surface area contributed by atoms with E-state index in [4.69, 9.17) is 0 Å². The summed E-state index contributed by atoms with van der Waals surface area (Å²) < 4.78 is 0. The molecule has 1 saturated heterocycles. The quantitative estimate of drug-likeness (QED) is 0.631. The molecule has 2 amide bonds. The number of rotatable bonds is 3. The molecule has 1 aromatic heterocycles. The van der Waals surface area contributed by atoms with Crippen LogP contribution in [-0.4, -0.2) is 35.7 Å². The number of nitrogens with one attached hydrogen (secondary N) is 1. The zero-order valence-electron chi connectivity index (χ0n) is 10.8. The maximum absolute atomic E-state index is 11.8. The Morgan fingerprint density at radius 2 is 2.26 bits per heavy atom. The Morgan fingerprint density at radius 3 is 2.84 bits per heavy atom. The highest BCUT2D eigenvalue weighted by Gasteiger charge is 2.33. The predicted molar refractivity (Wildman–Crippen MR) is 68.9 cm³/mol. The van der Waals surface area contributed by atoms with Crippen molar-refractivity contribution < 1.29 is 14.4 Å². The van der Waals surface area contributed by atoms with Crippen LogP contribution in [0.1, 0.15) is 29.3 Å². The zero-order chi connectivity index (χ0) is 14.0. The average molecular weight is 261 g/mol. The molecule has 1 aromatic rings. The van der Waals surface area contributed by atoms with Crippen molar-refractivity contribution in [3.63, 3.8) is 0 Å². The van der Waals surface area contributed by atoms with Gasteiger partial charge in [-0.05, 0) is 25.0 Å². The largest absolute Gasteiger partial charge is 0.335 e. The maximum atomic E-state index is 11.8. The smallest absolute Gasteiger partial charge is 0.249 e. The van der Waals surface area contributed by atoms with E-state index in [0.717, 1.165) is 11.8 Å².